The van der Waals surface area contributed by atoms with E-state index in [4.69, 9.17) is 21.1 Å². The molecule has 0 saturated carbocycles. The molecule has 160 valence electrons. The molecule has 4 aromatic rings. The Bertz CT molecular complexity index is 1250. The summed E-state index contributed by atoms with van der Waals surface area (Å²) in [4.78, 5) is 0. The second-order valence-corrected chi connectivity index (χ2v) is 8.53. The van der Waals surface area contributed by atoms with Gasteiger partial charge in [0, 0.05) is 5.02 Å². The highest BCUT2D eigenvalue weighted by Gasteiger charge is 2.21. The van der Waals surface area contributed by atoms with Crippen LogP contribution in [0.2, 0.25) is 5.02 Å². The molecule has 0 aliphatic heterocycles. The van der Waals surface area contributed by atoms with Crippen LogP contribution in [0.15, 0.2) is 78.0 Å². The normalized spacial score (nSPS) is 11.6. The van der Waals surface area contributed by atoms with Gasteiger partial charge in [-0.1, -0.05) is 41.6 Å². The van der Waals surface area contributed by atoms with Crippen molar-refractivity contribution in [1.82, 2.24) is 14.8 Å². The number of aromatic nitrogens is 3. The highest BCUT2D eigenvalue weighted by molar-refractivity contribution is 8.00. The molecule has 0 spiro atoms. The van der Waals surface area contributed by atoms with Gasteiger partial charge >= 0.3 is 0 Å². The van der Waals surface area contributed by atoms with Crippen LogP contribution < -0.4 is 9.47 Å². The quantitative estimate of drug-likeness (QED) is 0.296. The molecular weight excluding hydrogens is 444 g/mol. The number of methoxy groups -OCH3 is 1. The monoisotopic (exact) mass is 462 g/mol. The van der Waals surface area contributed by atoms with E-state index >= 15 is 0 Å². The molecule has 4 rings (SSSR count). The number of hydrogen-bond donors (Lipinski definition) is 0. The van der Waals surface area contributed by atoms with Crippen molar-refractivity contribution in [2.45, 2.75) is 17.3 Å². The highest BCUT2D eigenvalue weighted by atomic mass is 35.5. The van der Waals surface area contributed by atoms with Gasteiger partial charge in [-0.15, -0.1) is 10.2 Å². The molecule has 0 saturated heterocycles. The Hall–Kier alpha value is -3.47. The lowest BCUT2D eigenvalue weighted by molar-refractivity contribution is 0.416. The van der Waals surface area contributed by atoms with E-state index in [0.29, 0.717) is 33.1 Å². The zero-order chi connectivity index (χ0) is 22.5. The molecule has 0 bridgehead atoms. The van der Waals surface area contributed by atoms with Crippen LogP contribution in [-0.2, 0) is 0 Å². The van der Waals surface area contributed by atoms with Crippen LogP contribution in [-0.4, -0.2) is 27.1 Å². The van der Waals surface area contributed by atoms with Crippen molar-refractivity contribution in [2.75, 3.05) is 7.11 Å². The van der Waals surface area contributed by atoms with Crippen molar-refractivity contribution < 1.29 is 9.47 Å². The van der Waals surface area contributed by atoms with Crippen molar-refractivity contribution in [3.8, 4) is 40.4 Å². The Kier molecular flexibility index (Phi) is 6.64. The maximum absolute atomic E-state index is 9.29. The number of nitriles is 1. The van der Waals surface area contributed by atoms with Gasteiger partial charge in [0.25, 0.3) is 0 Å². The van der Waals surface area contributed by atoms with Crippen LogP contribution in [0.1, 0.15) is 6.92 Å². The average Bonchev–Trinajstić information content (AvgIpc) is 3.23. The van der Waals surface area contributed by atoms with Gasteiger partial charge in [-0.25, -0.2) is 0 Å². The minimum Gasteiger partial charge on any atom is -0.496 e. The Morgan fingerprint density at radius 2 is 1.72 bits per heavy atom. The summed E-state index contributed by atoms with van der Waals surface area (Å²) in [6.45, 7) is 1.82. The number of rotatable bonds is 7. The van der Waals surface area contributed by atoms with Crippen LogP contribution in [0.5, 0.6) is 17.2 Å². The molecule has 0 fully saturated rings. The molecule has 1 heterocycles. The highest BCUT2D eigenvalue weighted by Crippen LogP contribution is 2.36. The molecule has 0 amide bonds. The molecule has 1 aromatic heterocycles. The Balaban J connectivity index is 1.77. The summed E-state index contributed by atoms with van der Waals surface area (Å²) in [5.41, 5.74) is 1.52. The summed E-state index contributed by atoms with van der Waals surface area (Å²) in [7, 11) is 1.59. The third-order valence-electron chi connectivity index (χ3n) is 4.57. The second kappa shape index (κ2) is 9.77. The molecule has 6 nitrogen and oxygen atoms in total. The molecule has 0 radical (unpaired) electrons. The molecule has 0 aliphatic rings. The maximum atomic E-state index is 9.29. The van der Waals surface area contributed by atoms with Gasteiger partial charge in [-0.05, 0) is 61.5 Å². The Morgan fingerprint density at radius 3 is 2.41 bits per heavy atom. The summed E-state index contributed by atoms with van der Waals surface area (Å²) in [6, 6.07) is 24.7. The average molecular weight is 463 g/mol. The molecule has 0 unspecified atom stereocenters. The first kappa shape index (κ1) is 21.8. The number of benzene rings is 3. The van der Waals surface area contributed by atoms with E-state index < -0.39 is 0 Å². The Morgan fingerprint density at radius 1 is 1.00 bits per heavy atom. The van der Waals surface area contributed by atoms with Gasteiger partial charge in [0.1, 0.15) is 17.2 Å². The predicted octanol–water partition coefficient (Wildman–Crippen LogP) is 6.39. The number of hydrogen-bond acceptors (Lipinski definition) is 6. The lowest BCUT2D eigenvalue weighted by Crippen LogP contribution is -2.03. The fourth-order valence-electron chi connectivity index (χ4n) is 3.08. The van der Waals surface area contributed by atoms with Crippen molar-refractivity contribution in [2.24, 2.45) is 0 Å². The van der Waals surface area contributed by atoms with E-state index in [1.807, 2.05) is 66.1 Å². The molecule has 0 aliphatic carbocycles. The van der Waals surface area contributed by atoms with E-state index in [0.717, 1.165) is 11.4 Å². The number of nitrogens with zero attached hydrogens (tertiary/aromatic N) is 4. The number of halogens is 1. The topological polar surface area (TPSA) is 73.0 Å². The van der Waals surface area contributed by atoms with Crippen molar-refractivity contribution in [1.29, 1.82) is 5.26 Å². The van der Waals surface area contributed by atoms with Crippen molar-refractivity contribution in [3.05, 3.63) is 77.8 Å². The zero-order valence-corrected chi connectivity index (χ0v) is 19.0. The summed E-state index contributed by atoms with van der Waals surface area (Å²) in [6.07, 6.45) is 0. The fourth-order valence-corrected chi connectivity index (χ4v) is 4.01. The lowest BCUT2D eigenvalue weighted by Gasteiger charge is -2.14. The van der Waals surface area contributed by atoms with Gasteiger partial charge < -0.3 is 9.47 Å². The van der Waals surface area contributed by atoms with Crippen molar-refractivity contribution >= 4 is 23.4 Å². The van der Waals surface area contributed by atoms with E-state index in [-0.39, 0.29) is 5.25 Å². The van der Waals surface area contributed by atoms with E-state index in [9.17, 15) is 5.26 Å². The largest absolute Gasteiger partial charge is 0.496 e. The van der Waals surface area contributed by atoms with Gasteiger partial charge in [0.05, 0.1) is 29.7 Å². The van der Waals surface area contributed by atoms with E-state index in [1.54, 1.807) is 25.3 Å². The third-order valence-corrected chi connectivity index (χ3v) is 5.74. The van der Waals surface area contributed by atoms with Crippen LogP contribution >= 0.6 is 23.4 Å². The summed E-state index contributed by atoms with van der Waals surface area (Å²) in [5.74, 6) is 2.65. The van der Waals surface area contributed by atoms with E-state index in [1.165, 1.54) is 11.8 Å². The van der Waals surface area contributed by atoms with Crippen LogP contribution in [0.3, 0.4) is 0 Å². The number of ether oxygens (including phenoxy) is 2. The van der Waals surface area contributed by atoms with Gasteiger partial charge in [0.2, 0.25) is 0 Å². The molecule has 1 atom stereocenters. The first-order chi connectivity index (χ1) is 15.6. The Labute approximate surface area is 195 Å². The fraction of sp³-hybridized carbons (Fsp3) is 0.125. The first-order valence-corrected chi connectivity index (χ1v) is 11.0. The molecule has 32 heavy (non-hydrogen) atoms. The minimum absolute atomic E-state index is 0.298. The lowest BCUT2D eigenvalue weighted by atomic mass is 10.2. The summed E-state index contributed by atoms with van der Waals surface area (Å²) in [5, 5.41) is 18.9. The first-order valence-electron chi connectivity index (χ1n) is 9.78. The second-order valence-electron chi connectivity index (χ2n) is 6.78. The van der Waals surface area contributed by atoms with Crippen LogP contribution in [0.4, 0.5) is 0 Å². The zero-order valence-electron chi connectivity index (χ0n) is 17.4. The van der Waals surface area contributed by atoms with Crippen molar-refractivity contribution in [3.63, 3.8) is 0 Å². The SMILES string of the molecule is COc1ccc(Cl)cc1-c1nnc(S[C@@H](C)C#N)n1-c1ccc(Oc2ccccc2)cc1. The third kappa shape index (κ3) is 4.72. The number of thioether (sulfide) groups is 1. The molecule has 0 N–H and O–H groups in total. The molecule has 3 aromatic carbocycles. The summed E-state index contributed by atoms with van der Waals surface area (Å²) >= 11 is 7.58. The predicted molar refractivity (Wildman–Crippen MR) is 126 cm³/mol. The molecule has 8 heteroatoms. The minimum atomic E-state index is -0.298. The van der Waals surface area contributed by atoms with Gasteiger partial charge in [-0.2, -0.15) is 5.26 Å². The van der Waals surface area contributed by atoms with E-state index in [2.05, 4.69) is 16.3 Å². The summed E-state index contributed by atoms with van der Waals surface area (Å²) < 4.78 is 13.3. The van der Waals surface area contributed by atoms with Crippen LogP contribution in [0, 0.1) is 11.3 Å². The van der Waals surface area contributed by atoms with Gasteiger partial charge in [0.15, 0.2) is 11.0 Å². The smallest absolute Gasteiger partial charge is 0.197 e. The number of para-hydroxylation sites is 1. The standard InChI is InChI=1S/C24H19ClN4O2S/c1-16(15-26)32-24-28-27-23(21-14-17(25)8-13-22(21)30-2)29(24)18-9-11-20(12-10-18)31-19-6-4-3-5-7-19/h3-14,16H,1-2H3/t16-/m0/s1. The van der Waals surface area contributed by atoms with Gasteiger partial charge in [-0.3, -0.25) is 4.57 Å². The maximum Gasteiger partial charge on any atom is 0.197 e. The van der Waals surface area contributed by atoms with Crippen LogP contribution in [0.25, 0.3) is 17.1 Å². The molecular formula is C24H19ClN4O2S.